The van der Waals surface area contributed by atoms with E-state index in [1.807, 2.05) is 48.5 Å². The highest BCUT2D eigenvalue weighted by Crippen LogP contribution is 2.25. The van der Waals surface area contributed by atoms with E-state index < -0.39 is 0 Å². The Hall–Kier alpha value is -2.89. The zero-order valence-electron chi connectivity index (χ0n) is 14.2. The van der Waals surface area contributed by atoms with E-state index in [0.717, 1.165) is 40.9 Å². The Morgan fingerprint density at radius 1 is 1.28 bits per heavy atom. The Morgan fingerprint density at radius 2 is 2.12 bits per heavy atom. The number of nitrogens with zero attached hydrogens (tertiary/aromatic N) is 3. The highest BCUT2D eigenvalue weighted by atomic mass is 16.5. The summed E-state index contributed by atoms with van der Waals surface area (Å²) in [6.45, 7) is 3.94. The first-order chi connectivity index (χ1) is 12.2. The highest BCUT2D eigenvalue weighted by Gasteiger charge is 2.23. The third-order valence-corrected chi connectivity index (χ3v) is 4.62. The molecular formula is C19H20N4O2. The second-order valence-electron chi connectivity index (χ2n) is 6.21. The van der Waals surface area contributed by atoms with Crippen molar-refractivity contribution in [3.05, 3.63) is 53.3 Å². The number of nitrogens with one attached hydrogen (secondary N) is 1. The number of pyridine rings is 1. The summed E-state index contributed by atoms with van der Waals surface area (Å²) < 4.78 is 5.44. The third kappa shape index (κ3) is 3.07. The van der Waals surface area contributed by atoms with Crippen LogP contribution < -0.4 is 4.74 Å². The number of rotatable bonds is 4. The van der Waals surface area contributed by atoms with E-state index in [-0.39, 0.29) is 5.91 Å². The van der Waals surface area contributed by atoms with Gasteiger partial charge < -0.3 is 9.64 Å². The number of hydrogen-bond donors (Lipinski definition) is 1. The largest absolute Gasteiger partial charge is 0.494 e. The quantitative estimate of drug-likeness (QED) is 0.794. The summed E-state index contributed by atoms with van der Waals surface area (Å²) in [4.78, 5) is 19.0. The average molecular weight is 336 g/mol. The lowest BCUT2D eigenvalue weighted by atomic mass is 9.98. The SMILES string of the molecule is CCOc1ccc(CC(=O)N2CCc3c(cnc4[nH]ncc34)C2)cc1. The van der Waals surface area contributed by atoms with Gasteiger partial charge in [0.25, 0.3) is 0 Å². The molecule has 0 aliphatic carbocycles. The maximum absolute atomic E-state index is 12.7. The molecule has 3 heterocycles. The Balaban J connectivity index is 1.46. The molecule has 3 aromatic rings. The number of carbonyl (C=O) groups is 1. The fraction of sp³-hybridized carbons (Fsp3) is 0.316. The lowest BCUT2D eigenvalue weighted by Crippen LogP contribution is -2.37. The van der Waals surface area contributed by atoms with Crippen LogP contribution in [-0.4, -0.2) is 39.1 Å². The molecule has 0 radical (unpaired) electrons. The van der Waals surface area contributed by atoms with Gasteiger partial charge in [-0.3, -0.25) is 9.89 Å². The second kappa shape index (κ2) is 6.55. The molecule has 6 heteroatoms. The molecule has 6 nitrogen and oxygen atoms in total. The van der Waals surface area contributed by atoms with Crippen molar-refractivity contribution in [3.63, 3.8) is 0 Å². The summed E-state index contributed by atoms with van der Waals surface area (Å²) in [5.74, 6) is 0.975. The van der Waals surface area contributed by atoms with Crippen molar-refractivity contribution in [1.29, 1.82) is 0 Å². The summed E-state index contributed by atoms with van der Waals surface area (Å²) in [5.41, 5.74) is 4.18. The molecule has 1 aliphatic heterocycles. The van der Waals surface area contributed by atoms with Gasteiger partial charge in [0.15, 0.2) is 5.65 Å². The van der Waals surface area contributed by atoms with E-state index in [2.05, 4.69) is 15.2 Å². The van der Waals surface area contributed by atoms with E-state index in [9.17, 15) is 4.79 Å². The van der Waals surface area contributed by atoms with Crippen LogP contribution in [0.3, 0.4) is 0 Å². The molecule has 2 aromatic heterocycles. The zero-order chi connectivity index (χ0) is 17.2. The molecule has 1 amide bonds. The van der Waals surface area contributed by atoms with Gasteiger partial charge in [-0.1, -0.05) is 12.1 Å². The fourth-order valence-electron chi connectivity index (χ4n) is 3.32. The van der Waals surface area contributed by atoms with Crippen LogP contribution in [0.4, 0.5) is 0 Å². The van der Waals surface area contributed by atoms with Crippen molar-refractivity contribution in [2.75, 3.05) is 13.2 Å². The fourth-order valence-corrected chi connectivity index (χ4v) is 3.32. The molecule has 25 heavy (non-hydrogen) atoms. The lowest BCUT2D eigenvalue weighted by molar-refractivity contribution is -0.131. The first-order valence-corrected chi connectivity index (χ1v) is 8.54. The van der Waals surface area contributed by atoms with Gasteiger partial charge in [-0.05, 0) is 42.2 Å². The van der Waals surface area contributed by atoms with Gasteiger partial charge in [-0.25, -0.2) is 4.98 Å². The molecule has 1 aromatic carbocycles. The molecule has 4 rings (SSSR count). The van der Waals surface area contributed by atoms with Crippen molar-refractivity contribution in [3.8, 4) is 5.75 Å². The van der Waals surface area contributed by atoms with Crippen LogP contribution >= 0.6 is 0 Å². The molecular weight excluding hydrogens is 316 g/mol. The van der Waals surface area contributed by atoms with Gasteiger partial charge in [-0.15, -0.1) is 0 Å². The number of hydrogen-bond acceptors (Lipinski definition) is 4. The maximum atomic E-state index is 12.7. The van der Waals surface area contributed by atoms with Crippen molar-refractivity contribution in [1.82, 2.24) is 20.1 Å². The van der Waals surface area contributed by atoms with E-state index >= 15 is 0 Å². The highest BCUT2D eigenvalue weighted by molar-refractivity contribution is 5.82. The smallest absolute Gasteiger partial charge is 0.227 e. The normalized spacial score (nSPS) is 13.7. The molecule has 0 saturated heterocycles. The van der Waals surface area contributed by atoms with Crippen LogP contribution in [-0.2, 0) is 24.2 Å². The molecule has 1 aliphatic rings. The van der Waals surface area contributed by atoms with Crippen LogP contribution in [0.2, 0.25) is 0 Å². The number of benzene rings is 1. The molecule has 0 saturated carbocycles. The summed E-state index contributed by atoms with van der Waals surface area (Å²) in [5, 5.41) is 8.03. The van der Waals surface area contributed by atoms with Gasteiger partial charge in [0.2, 0.25) is 5.91 Å². The van der Waals surface area contributed by atoms with Gasteiger partial charge >= 0.3 is 0 Å². The van der Waals surface area contributed by atoms with E-state index in [1.165, 1.54) is 5.56 Å². The molecule has 0 spiro atoms. The summed E-state index contributed by atoms with van der Waals surface area (Å²) in [6, 6.07) is 7.74. The van der Waals surface area contributed by atoms with Crippen LogP contribution in [0.5, 0.6) is 5.75 Å². The van der Waals surface area contributed by atoms with Crippen LogP contribution in [0, 0.1) is 0 Å². The van der Waals surface area contributed by atoms with E-state index in [0.29, 0.717) is 19.6 Å². The van der Waals surface area contributed by atoms with Crippen molar-refractivity contribution in [2.45, 2.75) is 26.3 Å². The third-order valence-electron chi connectivity index (χ3n) is 4.62. The first kappa shape index (κ1) is 15.6. The summed E-state index contributed by atoms with van der Waals surface area (Å²) in [6.07, 6.45) is 4.91. The number of carbonyl (C=O) groups excluding carboxylic acids is 1. The van der Waals surface area contributed by atoms with Crippen LogP contribution in [0.1, 0.15) is 23.6 Å². The van der Waals surface area contributed by atoms with Gasteiger partial charge in [0, 0.05) is 24.7 Å². The molecule has 0 atom stereocenters. The number of ether oxygens (including phenoxy) is 1. The number of aromatic nitrogens is 3. The predicted octanol–water partition coefficient (Wildman–Crippen LogP) is 2.48. The Bertz CT molecular complexity index is 901. The van der Waals surface area contributed by atoms with E-state index in [1.54, 1.807) is 0 Å². The monoisotopic (exact) mass is 336 g/mol. The number of H-pyrrole nitrogens is 1. The summed E-state index contributed by atoms with van der Waals surface area (Å²) >= 11 is 0. The van der Waals surface area contributed by atoms with Crippen molar-refractivity contribution >= 4 is 16.9 Å². The Kier molecular flexibility index (Phi) is 4.09. The standard InChI is InChI=1S/C19H20N4O2/c1-2-25-15-5-3-13(4-6-15)9-18(24)23-8-7-16-14(12-23)10-20-19-17(16)11-21-22-19/h3-6,10-11H,2,7-9,12H2,1H3,(H,20,21,22). The maximum Gasteiger partial charge on any atom is 0.227 e. The minimum atomic E-state index is 0.141. The zero-order valence-corrected chi connectivity index (χ0v) is 14.2. The Morgan fingerprint density at radius 3 is 2.92 bits per heavy atom. The molecule has 0 fully saturated rings. The Labute approximate surface area is 145 Å². The van der Waals surface area contributed by atoms with Crippen molar-refractivity contribution in [2.24, 2.45) is 0 Å². The minimum Gasteiger partial charge on any atom is -0.494 e. The average Bonchev–Trinajstić information content (AvgIpc) is 3.12. The molecule has 0 unspecified atom stereocenters. The molecule has 1 N–H and O–H groups in total. The number of aromatic amines is 1. The first-order valence-electron chi connectivity index (χ1n) is 8.54. The lowest BCUT2D eigenvalue weighted by Gasteiger charge is -2.29. The van der Waals surface area contributed by atoms with Gasteiger partial charge in [0.1, 0.15) is 5.75 Å². The molecule has 128 valence electrons. The second-order valence-corrected chi connectivity index (χ2v) is 6.21. The predicted molar refractivity (Wildman–Crippen MR) is 94.3 cm³/mol. The topological polar surface area (TPSA) is 71.1 Å². The molecule has 0 bridgehead atoms. The van der Waals surface area contributed by atoms with Crippen LogP contribution in [0.25, 0.3) is 11.0 Å². The van der Waals surface area contributed by atoms with Gasteiger partial charge in [-0.2, -0.15) is 5.10 Å². The van der Waals surface area contributed by atoms with Crippen molar-refractivity contribution < 1.29 is 9.53 Å². The summed E-state index contributed by atoms with van der Waals surface area (Å²) in [7, 11) is 0. The number of amides is 1. The minimum absolute atomic E-state index is 0.141. The van der Waals surface area contributed by atoms with E-state index in [4.69, 9.17) is 4.74 Å². The van der Waals surface area contributed by atoms with Gasteiger partial charge in [0.05, 0.1) is 19.2 Å². The van der Waals surface area contributed by atoms with Crippen LogP contribution in [0.15, 0.2) is 36.7 Å². The number of fused-ring (bicyclic) bond motifs is 3.